The van der Waals surface area contributed by atoms with Crippen LogP contribution in [0, 0.1) is 13.8 Å². The van der Waals surface area contributed by atoms with Crippen LogP contribution in [-0.4, -0.2) is 22.0 Å². The fraction of sp³-hybridized carbons (Fsp3) is 0.400. The number of pyridine rings is 1. The van der Waals surface area contributed by atoms with Gasteiger partial charge in [-0.1, -0.05) is 13.8 Å². The maximum Gasteiger partial charge on any atom is 0.163 e. The molecule has 1 N–H and O–H groups in total. The average molecular weight is 256 g/mol. The van der Waals surface area contributed by atoms with Crippen molar-refractivity contribution in [1.82, 2.24) is 15.0 Å². The monoisotopic (exact) mass is 256 g/mol. The number of hydrogen-bond donors (Lipinski definition) is 1. The minimum Gasteiger partial charge on any atom is -0.373 e. The van der Waals surface area contributed by atoms with E-state index in [9.17, 15) is 0 Å². The highest BCUT2D eigenvalue weighted by molar-refractivity contribution is 5.62. The Hall–Kier alpha value is -1.97. The van der Waals surface area contributed by atoms with Crippen molar-refractivity contribution < 1.29 is 0 Å². The van der Waals surface area contributed by atoms with Gasteiger partial charge in [-0.05, 0) is 31.4 Å². The van der Waals surface area contributed by atoms with Gasteiger partial charge >= 0.3 is 0 Å². The summed E-state index contributed by atoms with van der Waals surface area (Å²) in [7, 11) is 1.90. The lowest BCUT2D eigenvalue weighted by atomic mass is 10.0. The number of rotatable bonds is 3. The summed E-state index contributed by atoms with van der Waals surface area (Å²) in [5, 5.41) is 3.18. The standard InChI is InChI=1S/C15H20N4/c1-9(2)13-11(4)18-14(19-15(13)16-5)12-8-17-7-6-10(12)3/h6-9H,1-5H3,(H,16,18,19). The van der Waals surface area contributed by atoms with Crippen LogP contribution in [0.15, 0.2) is 18.5 Å². The van der Waals surface area contributed by atoms with E-state index in [-0.39, 0.29) is 0 Å². The first-order valence-electron chi connectivity index (χ1n) is 6.51. The van der Waals surface area contributed by atoms with Crippen LogP contribution in [0.3, 0.4) is 0 Å². The Balaban J connectivity index is 2.62. The molecular formula is C15H20N4. The molecule has 0 saturated heterocycles. The highest BCUT2D eigenvalue weighted by atomic mass is 15.0. The molecule has 0 unspecified atom stereocenters. The van der Waals surface area contributed by atoms with Crippen LogP contribution >= 0.6 is 0 Å². The third kappa shape index (κ3) is 2.57. The van der Waals surface area contributed by atoms with Gasteiger partial charge in [-0.25, -0.2) is 9.97 Å². The third-order valence-corrected chi connectivity index (χ3v) is 3.23. The fourth-order valence-electron chi connectivity index (χ4n) is 2.28. The van der Waals surface area contributed by atoms with Crippen LogP contribution in [0.4, 0.5) is 5.82 Å². The smallest absolute Gasteiger partial charge is 0.163 e. The van der Waals surface area contributed by atoms with Crippen molar-refractivity contribution in [2.45, 2.75) is 33.6 Å². The van der Waals surface area contributed by atoms with E-state index in [1.807, 2.05) is 33.2 Å². The predicted molar refractivity (Wildman–Crippen MR) is 78.4 cm³/mol. The molecule has 4 heteroatoms. The van der Waals surface area contributed by atoms with Crippen LogP contribution in [0.5, 0.6) is 0 Å². The van der Waals surface area contributed by atoms with E-state index in [1.54, 1.807) is 6.20 Å². The molecular weight excluding hydrogens is 236 g/mol. The summed E-state index contributed by atoms with van der Waals surface area (Å²) >= 11 is 0. The third-order valence-electron chi connectivity index (χ3n) is 3.23. The zero-order chi connectivity index (χ0) is 14.0. The molecule has 2 heterocycles. The molecule has 0 saturated carbocycles. The van der Waals surface area contributed by atoms with Crippen molar-refractivity contribution in [3.05, 3.63) is 35.3 Å². The van der Waals surface area contributed by atoms with Gasteiger partial charge in [0.05, 0.1) is 0 Å². The lowest BCUT2D eigenvalue weighted by Crippen LogP contribution is -2.07. The molecule has 0 bridgehead atoms. The first-order valence-corrected chi connectivity index (χ1v) is 6.51. The largest absolute Gasteiger partial charge is 0.373 e. The highest BCUT2D eigenvalue weighted by Gasteiger charge is 2.15. The van der Waals surface area contributed by atoms with Gasteiger partial charge in [0.25, 0.3) is 0 Å². The van der Waals surface area contributed by atoms with Crippen molar-refractivity contribution in [3.63, 3.8) is 0 Å². The number of hydrogen-bond acceptors (Lipinski definition) is 4. The van der Waals surface area contributed by atoms with Crippen molar-refractivity contribution in [1.29, 1.82) is 0 Å². The van der Waals surface area contributed by atoms with E-state index >= 15 is 0 Å². The molecule has 0 aliphatic rings. The first-order chi connectivity index (χ1) is 9.04. The normalized spacial score (nSPS) is 10.8. The molecule has 100 valence electrons. The summed E-state index contributed by atoms with van der Waals surface area (Å²) in [6.07, 6.45) is 3.60. The van der Waals surface area contributed by atoms with Crippen molar-refractivity contribution in [3.8, 4) is 11.4 Å². The van der Waals surface area contributed by atoms with E-state index in [1.165, 1.54) is 5.56 Å². The average Bonchev–Trinajstić information content (AvgIpc) is 2.37. The van der Waals surface area contributed by atoms with E-state index in [4.69, 9.17) is 0 Å². The van der Waals surface area contributed by atoms with Crippen molar-refractivity contribution >= 4 is 5.82 Å². The Morgan fingerprint density at radius 1 is 1.16 bits per heavy atom. The summed E-state index contributed by atoms with van der Waals surface area (Å²) < 4.78 is 0. The van der Waals surface area contributed by atoms with Gasteiger partial charge in [0.2, 0.25) is 0 Å². The summed E-state index contributed by atoms with van der Waals surface area (Å²) in [6.45, 7) is 8.39. The second kappa shape index (κ2) is 5.34. The van der Waals surface area contributed by atoms with Crippen LogP contribution in [0.1, 0.15) is 36.6 Å². The molecule has 2 aromatic heterocycles. The molecule has 4 nitrogen and oxygen atoms in total. The van der Waals surface area contributed by atoms with Gasteiger partial charge in [-0.3, -0.25) is 4.98 Å². The second-order valence-electron chi connectivity index (χ2n) is 4.99. The topological polar surface area (TPSA) is 50.7 Å². The van der Waals surface area contributed by atoms with Gasteiger partial charge in [-0.2, -0.15) is 0 Å². The fourth-order valence-corrected chi connectivity index (χ4v) is 2.28. The Kier molecular flexibility index (Phi) is 3.79. The number of aromatic nitrogens is 3. The predicted octanol–water partition coefficient (Wildman–Crippen LogP) is 3.32. The Morgan fingerprint density at radius 3 is 2.47 bits per heavy atom. The van der Waals surface area contributed by atoms with Gasteiger partial charge in [0.1, 0.15) is 5.82 Å². The minimum atomic E-state index is 0.395. The SMILES string of the molecule is CNc1nc(-c2cnccc2C)nc(C)c1C(C)C. The number of nitrogens with zero attached hydrogens (tertiary/aromatic N) is 3. The van der Waals surface area contributed by atoms with Crippen LogP contribution < -0.4 is 5.32 Å². The molecule has 0 aliphatic heterocycles. The van der Waals surface area contributed by atoms with Gasteiger partial charge in [-0.15, -0.1) is 0 Å². The lowest BCUT2D eigenvalue weighted by molar-refractivity contribution is 0.833. The molecule has 0 atom stereocenters. The number of aryl methyl sites for hydroxylation is 2. The molecule has 0 aromatic carbocycles. The number of anilines is 1. The lowest BCUT2D eigenvalue weighted by Gasteiger charge is -2.16. The summed E-state index contributed by atoms with van der Waals surface area (Å²) in [6, 6.07) is 1.98. The maximum atomic E-state index is 4.64. The van der Waals surface area contributed by atoms with E-state index < -0.39 is 0 Å². The second-order valence-corrected chi connectivity index (χ2v) is 4.99. The first kappa shape index (κ1) is 13.5. The Labute approximate surface area is 114 Å². The Bertz CT molecular complexity index is 591. The zero-order valence-corrected chi connectivity index (χ0v) is 12.2. The van der Waals surface area contributed by atoms with E-state index in [0.717, 1.165) is 28.5 Å². The molecule has 2 aromatic rings. The van der Waals surface area contributed by atoms with Gasteiger partial charge in [0.15, 0.2) is 5.82 Å². The van der Waals surface area contributed by atoms with Crippen molar-refractivity contribution in [2.24, 2.45) is 0 Å². The number of nitrogens with one attached hydrogen (secondary N) is 1. The van der Waals surface area contributed by atoms with Crippen LogP contribution in [-0.2, 0) is 0 Å². The molecule has 2 rings (SSSR count). The Morgan fingerprint density at radius 2 is 1.89 bits per heavy atom. The molecule has 0 fully saturated rings. The molecule has 0 radical (unpaired) electrons. The zero-order valence-electron chi connectivity index (χ0n) is 12.2. The van der Waals surface area contributed by atoms with Crippen molar-refractivity contribution in [2.75, 3.05) is 12.4 Å². The summed E-state index contributed by atoms with van der Waals surface area (Å²) in [5.41, 5.74) is 4.31. The molecule has 0 amide bonds. The quantitative estimate of drug-likeness (QED) is 0.915. The molecule has 19 heavy (non-hydrogen) atoms. The molecule has 0 aliphatic carbocycles. The minimum absolute atomic E-state index is 0.395. The van der Waals surface area contributed by atoms with Gasteiger partial charge in [0, 0.05) is 36.3 Å². The maximum absolute atomic E-state index is 4.64. The van der Waals surface area contributed by atoms with Crippen LogP contribution in [0.25, 0.3) is 11.4 Å². The van der Waals surface area contributed by atoms with E-state index in [0.29, 0.717) is 5.92 Å². The summed E-state index contributed by atoms with van der Waals surface area (Å²) in [4.78, 5) is 13.4. The van der Waals surface area contributed by atoms with Gasteiger partial charge < -0.3 is 5.32 Å². The molecule has 0 spiro atoms. The highest BCUT2D eigenvalue weighted by Crippen LogP contribution is 2.28. The summed E-state index contributed by atoms with van der Waals surface area (Å²) in [5.74, 6) is 2.03. The van der Waals surface area contributed by atoms with E-state index in [2.05, 4.69) is 34.1 Å². The van der Waals surface area contributed by atoms with Crippen LogP contribution in [0.2, 0.25) is 0 Å².